The van der Waals surface area contributed by atoms with Crippen molar-refractivity contribution in [3.05, 3.63) is 39.9 Å². The molecule has 0 aliphatic carbocycles. The van der Waals surface area contributed by atoms with Crippen LogP contribution < -0.4 is 5.32 Å². The Morgan fingerprint density at radius 2 is 2.26 bits per heavy atom. The summed E-state index contributed by atoms with van der Waals surface area (Å²) >= 11 is 0. The Hall–Kier alpha value is -1.95. The van der Waals surface area contributed by atoms with Crippen LogP contribution in [0.5, 0.6) is 0 Å². The van der Waals surface area contributed by atoms with E-state index in [9.17, 15) is 14.9 Å². The Morgan fingerprint density at radius 3 is 2.89 bits per heavy atom. The summed E-state index contributed by atoms with van der Waals surface area (Å²) in [6.45, 7) is 2.20. The van der Waals surface area contributed by atoms with Gasteiger partial charge in [-0.15, -0.1) is 0 Å². The number of aliphatic hydroxyl groups excluding tert-OH is 1. The van der Waals surface area contributed by atoms with Gasteiger partial charge in [0.15, 0.2) is 0 Å². The van der Waals surface area contributed by atoms with E-state index in [0.717, 1.165) is 0 Å². The Morgan fingerprint density at radius 1 is 1.53 bits per heavy atom. The number of benzene rings is 1. The van der Waals surface area contributed by atoms with Gasteiger partial charge in [0, 0.05) is 18.7 Å². The van der Waals surface area contributed by atoms with Crippen molar-refractivity contribution >= 4 is 11.6 Å². The van der Waals surface area contributed by atoms with Crippen LogP contribution in [0.3, 0.4) is 0 Å². The van der Waals surface area contributed by atoms with Gasteiger partial charge in [0.25, 0.3) is 5.69 Å². The first-order valence-electron chi connectivity index (χ1n) is 6.17. The smallest absolute Gasteiger partial charge is 0.269 e. The van der Waals surface area contributed by atoms with Crippen LogP contribution >= 0.6 is 0 Å². The second-order valence-corrected chi connectivity index (χ2v) is 4.44. The monoisotopic (exact) mass is 266 g/mol. The zero-order valence-electron chi connectivity index (χ0n) is 10.8. The van der Waals surface area contributed by atoms with E-state index < -0.39 is 4.92 Å². The minimum absolute atomic E-state index is 0.0144. The maximum absolute atomic E-state index is 11.6. The average Bonchev–Trinajstić information content (AvgIpc) is 2.34. The molecular formula is C13H18N2O4. The molecule has 1 aromatic carbocycles. The normalized spacial score (nSPS) is 11.9. The maximum Gasteiger partial charge on any atom is 0.269 e. The third-order valence-corrected chi connectivity index (χ3v) is 2.61. The molecule has 104 valence electrons. The van der Waals surface area contributed by atoms with Crippen molar-refractivity contribution in [2.24, 2.45) is 0 Å². The van der Waals surface area contributed by atoms with Gasteiger partial charge in [0.2, 0.25) is 5.91 Å². The summed E-state index contributed by atoms with van der Waals surface area (Å²) in [5, 5.41) is 22.4. The molecule has 0 saturated heterocycles. The summed E-state index contributed by atoms with van der Waals surface area (Å²) in [6, 6.07) is 6.04. The van der Waals surface area contributed by atoms with E-state index in [2.05, 4.69) is 5.32 Å². The van der Waals surface area contributed by atoms with Crippen molar-refractivity contribution in [3.63, 3.8) is 0 Å². The zero-order valence-corrected chi connectivity index (χ0v) is 10.8. The van der Waals surface area contributed by atoms with Gasteiger partial charge in [0.1, 0.15) is 0 Å². The Kier molecular flexibility index (Phi) is 5.95. The van der Waals surface area contributed by atoms with E-state index in [1.165, 1.54) is 12.1 Å². The zero-order chi connectivity index (χ0) is 14.3. The van der Waals surface area contributed by atoms with Crippen LogP contribution in [0.2, 0.25) is 0 Å². The third-order valence-electron chi connectivity index (χ3n) is 2.61. The topological polar surface area (TPSA) is 92.5 Å². The second-order valence-electron chi connectivity index (χ2n) is 4.44. The van der Waals surface area contributed by atoms with Gasteiger partial charge in [-0.3, -0.25) is 14.9 Å². The lowest BCUT2D eigenvalue weighted by Gasteiger charge is -2.06. The Labute approximate surface area is 111 Å². The van der Waals surface area contributed by atoms with E-state index in [1.54, 1.807) is 19.1 Å². The molecule has 19 heavy (non-hydrogen) atoms. The molecule has 0 saturated carbocycles. The fourth-order valence-corrected chi connectivity index (χ4v) is 1.65. The number of rotatable bonds is 7. The number of hydrogen-bond donors (Lipinski definition) is 2. The number of nitrogens with zero attached hydrogens (tertiary/aromatic N) is 1. The second kappa shape index (κ2) is 7.48. The molecule has 1 unspecified atom stereocenters. The third kappa shape index (κ3) is 5.96. The van der Waals surface area contributed by atoms with Crippen molar-refractivity contribution < 1.29 is 14.8 Å². The summed E-state index contributed by atoms with van der Waals surface area (Å²) in [5.74, 6) is -0.175. The van der Waals surface area contributed by atoms with E-state index in [1.807, 2.05) is 0 Å². The summed E-state index contributed by atoms with van der Waals surface area (Å²) in [5.41, 5.74) is 0.599. The lowest BCUT2D eigenvalue weighted by Crippen LogP contribution is -2.26. The minimum atomic E-state index is -0.482. The molecule has 0 aromatic heterocycles. The highest BCUT2D eigenvalue weighted by molar-refractivity contribution is 5.78. The molecule has 2 N–H and O–H groups in total. The predicted octanol–water partition coefficient (Wildman–Crippen LogP) is 1.41. The fraction of sp³-hybridized carbons (Fsp3) is 0.462. The van der Waals surface area contributed by atoms with Crippen LogP contribution in [0, 0.1) is 10.1 Å². The molecule has 0 spiro atoms. The molecule has 0 bridgehead atoms. The van der Waals surface area contributed by atoms with Crippen molar-refractivity contribution in [1.82, 2.24) is 5.32 Å². The molecule has 6 nitrogen and oxygen atoms in total. The number of nitro groups is 1. The molecule has 0 fully saturated rings. The SMILES string of the molecule is CC(O)CCCNC(=O)Cc1cccc([N+](=O)[O-])c1. The standard InChI is InChI=1S/C13H18N2O4/c1-10(16)4-3-7-14-13(17)9-11-5-2-6-12(8-11)15(18)19/h2,5-6,8,10,16H,3-4,7,9H2,1H3,(H,14,17). The Balaban J connectivity index is 2.40. The van der Waals surface area contributed by atoms with E-state index in [4.69, 9.17) is 5.11 Å². The molecule has 0 heterocycles. The van der Waals surface area contributed by atoms with Crippen molar-refractivity contribution in [3.8, 4) is 0 Å². The summed E-state index contributed by atoms with van der Waals surface area (Å²) in [6.07, 6.45) is 1.10. The van der Waals surface area contributed by atoms with E-state index >= 15 is 0 Å². The number of amides is 1. The lowest BCUT2D eigenvalue weighted by atomic mass is 10.1. The minimum Gasteiger partial charge on any atom is -0.393 e. The number of carbonyl (C=O) groups excluding carboxylic acids is 1. The molecule has 6 heteroatoms. The molecular weight excluding hydrogens is 248 g/mol. The number of nitro benzene ring substituents is 1. The number of nitrogens with one attached hydrogen (secondary N) is 1. The van der Waals surface area contributed by atoms with Crippen LogP contribution in [-0.2, 0) is 11.2 Å². The quantitative estimate of drug-likeness (QED) is 0.443. The van der Waals surface area contributed by atoms with Gasteiger partial charge in [0.05, 0.1) is 17.4 Å². The van der Waals surface area contributed by atoms with Crippen LogP contribution in [0.4, 0.5) is 5.69 Å². The van der Waals surface area contributed by atoms with Crippen LogP contribution in [0.25, 0.3) is 0 Å². The van der Waals surface area contributed by atoms with E-state index in [-0.39, 0.29) is 24.1 Å². The van der Waals surface area contributed by atoms with Crippen molar-refractivity contribution in [2.45, 2.75) is 32.3 Å². The van der Waals surface area contributed by atoms with Crippen molar-refractivity contribution in [1.29, 1.82) is 0 Å². The van der Waals surface area contributed by atoms with Crippen LogP contribution in [0.15, 0.2) is 24.3 Å². The highest BCUT2D eigenvalue weighted by atomic mass is 16.6. The van der Waals surface area contributed by atoms with Crippen LogP contribution in [0.1, 0.15) is 25.3 Å². The average molecular weight is 266 g/mol. The molecule has 1 rings (SSSR count). The van der Waals surface area contributed by atoms with Gasteiger partial charge in [-0.05, 0) is 25.3 Å². The molecule has 0 aliphatic heterocycles. The molecule has 1 aromatic rings. The lowest BCUT2D eigenvalue weighted by molar-refractivity contribution is -0.384. The highest BCUT2D eigenvalue weighted by Gasteiger charge is 2.08. The van der Waals surface area contributed by atoms with Gasteiger partial charge in [-0.25, -0.2) is 0 Å². The van der Waals surface area contributed by atoms with Gasteiger partial charge < -0.3 is 10.4 Å². The molecule has 0 radical (unpaired) electrons. The van der Waals surface area contributed by atoms with E-state index in [0.29, 0.717) is 24.9 Å². The molecule has 1 amide bonds. The number of carbonyl (C=O) groups is 1. The highest BCUT2D eigenvalue weighted by Crippen LogP contribution is 2.13. The summed E-state index contributed by atoms with van der Waals surface area (Å²) in [7, 11) is 0. The van der Waals surface area contributed by atoms with Gasteiger partial charge >= 0.3 is 0 Å². The maximum atomic E-state index is 11.6. The first-order valence-corrected chi connectivity index (χ1v) is 6.17. The number of aliphatic hydroxyl groups is 1. The predicted molar refractivity (Wildman–Crippen MR) is 70.7 cm³/mol. The number of non-ortho nitro benzene ring substituents is 1. The van der Waals surface area contributed by atoms with Crippen LogP contribution in [-0.4, -0.2) is 28.6 Å². The van der Waals surface area contributed by atoms with Crippen molar-refractivity contribution in [2.75, 3.05) is 6.54 Å². The Bertz CT molecular complexity index is 446. The summed E-state index contributed by atoms with van der Waals surface area (Å²) in [4.78, 5) is 21.7. The summed E-state index contributed by atoms with van der Waals surface area (Å²) < 4.78 is 0. The fourth-order valence-electron chi connectivity index (χ4n) is 1.65. The first kappa shape index (κ1) is 15.1. The van der Waals surface area contributed by atoms with Gasteiger partial charge in [-0.2, -0.15) is 0 Å². The molecule has 0 aliphatic rings. The number of hydrogen-bond acceptors (Lipinski definition) is 4. The first-order chi connectivity index (χ1) is 8.99. The largest absolute Gasteiger partial charge is 0.393 e. The van der Waals surface area contributed by atoms with Gasteiger partial charge in [-0.1, -0.05) is 12.1 Å². The molecule has 1 atom stereocenters.